The highest BCUT2D eigenvalue weighted by Gasteiger charge is 2.25. The summed E-state index contributed by atoms with van der Waals surface area (Å²) in [6, 6.07) is 10.3. The van der Waals surface area contributed by atoms with Gasteiger partial charge in [0.05, 0.1) is 0 Å². The third-order valence-corrected chi connectivity index (χ3v) is 5.36. The molecule has 4 atom stereocenters. The third-order valence-electron chi connectivity index (χ3n) is 5.36. The molecule has 1 aromatic rings. The molecule has 0 bridgehead atoms. The molecule has 1 aromatic carbocycles. The molecule has 1 nitrogen and oxygen atoms in total. The SMILES string of the molecule is CC(NC1CCC(C)C(C)C1)c1ccc(C(C)(C)C)cc1. The van der Waals surface area contributed by atoms with Gasteiger partial charge in [0.2, 0.25) is 0 Å². The van der Waals surface area contributed by atoms with E-state index in [1.54, 1.807) is 0 Å². The van der Waals surface area contributed by atoms with Crippen LogP contribution in [0, 0.1) is 11.8 Å². The van der Waals surface area contributed by atoms with Gasteiger partial charge in [-0.2, -0.15) is 0 Å². The van der Waals surface area contributed by atoms with E-state index in [2.05, 4.69) is 71.1 Å². The lowest BCUT2D eigenvalue weighted by Gasteiger charge is -2.34. The van der Waals surface area contributed by atoms with Gasteiger partial charge in [0.1, 0.15) is 0 Å². The molecule has 21 heavy (non-hydrogen) atoms. The molecule has 2 rings (SSSR count). The van der Waals surface area contributed by atoms with Gasteiger partial charge in [0.25, 0.3) is 0 Å². The van der Waals surface area contributed by atoms with Gasteiger partial charge >= 0.3 is 0 Å². The van der Waals surface area contributed by atoms with E-state index in [1.165, 1.54) is 30.4 Å². The fourth-order valence-electron chi connectivity index (χ4n) is 3.42. The quantitative estimate of drug-likeness (QED) is 0.778. The Balaban J connectivity index is 1.96. The maximum atomic E-state index is 3.84. The highest BCUT2D eigenvalue weighted by Crippen LogP contribution is 2.31. The molecule has 0 heterocycles. The Kier molecular flexibility index (Phi) is 5.14. The molecule has 0 saturated heterocycles. The lowest BCUT2D eigenvalue weighted by molar-refractivity contribution is 0.217. The second-order valence-corrected chi connectivity index (χ2v) is 8.22. The molecule has 0 aromatic heterocycles. The normalized spacial score (nSPS) is 28.4. The summed E-state index contributed by atoms with van der Waals surface area (Å²) in [6.45, 7) is 13.9. The maximum Gasteiger partial charge on any atom is 0.0294 e. The number of benzene rings is 1. The predicted octanol–water partition coefficient (Wildman–Crippen LogP) is 5.46. The van der Waals surface area contributed by atoms with Crippen molar-refractivity contribution < 1.29 is 0 Å². The van der Waals surface area contributed by atoms with Crippen LogP contribution >= 0.6 is 0 Å². The fourth-order valence-corrected chi connectivity index (χ4v) is 3.42. The summed E-state index contributed by atoms with van der Waals surface area (Å²) in [7, 11) is 0. The summed E-state index contributed by atoms with van der Waals surface area (Å²) in [4.78, 5) is 0. The number of nitrogens with one attached hydrogen (secondary N) is 1. The van der Waals surface area contributed by atoms with E-state index < -0.39 is 0 Å². The summed E-state index contributed by atoms with van der Waals surface area (Å²) in [5.41, 5.74) is 3.07. The molecular weight excluding hydrogens is 254 g/mol. The van der Waals surface area contributed by atoms with Gasteiger partial charge in [-0.15, -0.1) is 0 Å². The van der Waals surface area contributed by atoms with E-state index >= 15 is 0 Å². The van der Waals surface area contributed by atoms with Crippen molar-refractivity contribution in [1.29, 1.82) is 0 Å². The highest BCUT2D eigenvalue weighted by atomic mass is 14.9. The zero-order chi connectivity index (χ0) is 15.6. The van der Waals surface area contributed by atoms with Crippen LogP contribution in [0.15, 0.2) is 24.3 Å². The molecule has 1 heteroatoms. The van der Waals surface area contributed by atoms with Crippen molar-refractivity contribution in [2.24, 2.45) is 11.8 Å². The van der Waals surface area contributed by atoms with Gasteiger partial charge < -0.3 is 5.32 Å². The van der Waals surface area contributed by atoms with Crippen LogP contribution in [0.2, 0.25) is 0 Å². The molecule has 0 amide bonds. The summed E-state index contributed by atoms with van der Waals surface area (Å²) in [6.07, 6.45) is 4.02. The minimum Gasteiger partial charge on any atom is -0.307 e. The molecular formula is C20H33N. The van der Waals surface area contributed by atoms with Crippen LogP contribution in [-0.2, 0) is 5.41 Å². The lowest BCUT2D eigenvalue weighted by atomic mass is 9.79. The zero-order valence-corrected chi connectivity index (χ0v) is 14.7. The Morgan fingerprint density at radius 1 is 1.00 bits per heavy atom. The zero-order valence-electron chi connectivity index (χ0n) is 14.7. The van der Waals surface area contributed by atoms with Gasteiger partial charge in [0, 0.05) is 12.1 Å². The van der Waals surface area contributed by atoms with Crippen LogP contribution in [-0.4, -0.2) is 6.04 Å². The largest absolute Gasteiger partial charge is 0.307 e. The van der Waals surface area contributed by atoms with E-state index in [0.29, 0.717) is 12.1 Å². The molecule has 0 radical (unpaired) electrons. The first-order valence-electron chi connectivity index (χ1n) is 8.64. The van der Waals surface area contributed by atoms with Crippen molar-refractivity contribution in [3.63, 3.8) is 0 Å². The van der Waals surface area contributed by atoms with Gasteiger partial charge in [0.15, 0.2) is 0 Å². The molecule has 1 saturated carbocycles. The van der Waals surface area contributed by atoms with Gasteiger partial charge in [-0.05, 0) is 54.6 Å². The minimum absolute atomic E-state index is 0.240. The summed E-state index contributed by atoms with van der Waals surface area (Å²) in [5.74, 6) is 1.75. The average molecular weight is 287 g/mol. The molecule has 118 valence electrons. The summed E-state index contributed by atoms with van der Waals surface area (Å²) < 4.78 is 0. The second-order valence-electron chi connectivity index (χ2n) is 8.22. The topological polar surface area (TPSA) is 12.0 Å². The highest BCUT2D eigenvalue weighted by molar-refractivity contribution is 5.29. The summed E-state index contributed by atoms with van der Waals surface area (Å²) >= 11 is 0. The Bertz CT molecular complexity index is 440. The Hall–Kier alpha value is -0.820. The van der Waals surface area contributed by atoms with Crippen molar-refractivity contribution in [3.05, 3.63) is 35.4 Å². The maximum absolute atomic E-state index is 3.84. The predicted molar refractivity (Wildman–Crippen MR) is 92.7 cm³/mol. The first-order valence-corrected chi connectivity index (χ1v) is 8.64. The number of hydrogen-bond donors (Lipinski definition) is 1. The number of rotatable bonds is 3. The van der Waals surface area contributed by atoms with Gasteiger partial charge in [-0.3, -0.25) is 0 Å². The van der Waals surface area contributed by atoms with Crippen LogP contribution in [0.1, 0.15) is 78.0 Å². The van der Waals surface area contributed by atoms with Gasteiger partial charge in [-0.1, -0.05) is 58.9 Å². The van der Waals surface area contributed by atoms with E-state index in [9.17, 15) is 0 Å². The van der Waals surface area contributed by atoms with E-state index in [1.807, 2.05) is 0 Å². The smallest absolute Gasteiger partial charge is 0.0294 e. The first-order chi connectivity index (χ1) is 9.77. The Morgan fingerprint density at radius 3 is 2.14 bits per heavy atom. The minimum atomic E-state index is 0.240. The van der Waals surface area contributed by atoms with Crippen LogP contribution in [0.25, 0.3) is 0 Å². The Labute approximate surface area is 131 Å². The van der Waals surface area contributed by atoms with Crippen molar-refractivity contribution >= 4 is 0 Å². The fraction of sp³-hybridized carbons (Fsp3) is 0.700. The lowest BCUT2D eigenvalue weighted by Crippen LogP contribution is -2.37. The molecule has 0 spiro atoms. The van der Waals surface area contributed by atoms with Gasteiger partial charge in [-0.25, -0.2) is 0 Å². The molecule has 0 aliphatic heterocycles. The summed E-state index contributed by atoms with van der Waals surface area (Å²) in [5, 5.41) is 3.84. The van der Waals surface area contributed by atoms with Crippen LogP contribution < -0.4 is 5.32 Å². The molecule has 4 unspecified atom stereocenters. The second kappa shape index (κ2) is 6.52. The van der Waals surface area contributed by atoms with E-state index in [-0.39, 0.29) is 5.41 Å². The molecule has 1 aliphatic rings. The molecule has 1 aliphatic carbocycles. The average Bonchev–Trinajstić information content (AvgIpc) is 2.42. The van der Waals surface area contributed by atoms with E-state index in [4.69, 9.17) is 0 Å². The number of hydrogen-bond acceptors (Lipinski definition) is 1. The van der Waals surface area contributed by atoms with Crippen molar-refractivity contribution in [1.82, 2.24) is 5.32 Å². The van der Waals surface area contributed by atoms with Crippen LogP contribution in [0.5, 0.6) is 0 Å². The third kappa shape index (κ3) is 4.32. The van der Waals surface area contributed by atoms with E-state index in [0.717, 1.165) is 11.8 Å². The van der Waals surface area contributed by atoms with Crippen molar-refractivity contribution in [2.75, 3.05) is 0 Å². The monoisotopic (exact) mass is 287 g/mol. The first kappa shape index (κ1) is 16.5. The standard InChI is InChI=1S/C20H33N/c1-14-7-12-19(13-15(14)2)21-16(3)17-8-10-18(11-9-17)20(4,5)6/h8-11,14-16,19,21H,7,12-13H2,1-6H3. The Morgan fingerprint density at radius 2 is 1.62 bits per heavy atom. The van der Waals surface area contributed by atoms with Crippen LogP contribution in [0.3, 0.4) is 0 Å². The molecule has 1 fully saturated rings. The molecule has 1 N–H and O–H groups in total. The van der Waals surface area contributed by atoms with Crippen molar-refractivity contribution in [3.8, 4) is 0 Å². The van der Waals surface area contributed by atoms with Crippen molar-refractivity contribution in [2.45, 2.75) is 78.3 Å². The van der Waals surface area contributed by atoms with Crippen LogP contribution in [0.4, 0.5) is 0 Å².